The molecule has 5 N–H and O–H groups in total. The summed E-state index contributed by atoms with van der Waals surface area (Å²) in [7, 11) is 0. The van der Waals surface area contributed by atoms with E-state index < -0.39 is 6.03 Å². The van der Waals surface area contributed by atoms with Crippen molar-refractivity contribution in [3.8, 4) is 0 Å². The maximum Gasteiger partial charge on any atom is 0.350 e. The van der Waals surface area contributed by atoms with Gasteiger partial charge in [-0.15, -0.1) is 11.8 Å². The van der Waals surface area contributed by atoms with E-state index in [1.807, 2.05) is 12.1 Å². The van der Waals surface area contributed by atoms with Crippen LogP contribution in [-0.2, 0) is 5.75 Å². The smallest absolute Gasteiger partial charge is 0.274 e. The zero-order chi connectivity index (χ0) is 17.1. The molecule has 2 aromatic rings. The highest BCUT2D eigenvalue weighted by Gasteiger charge is 2.26. The number of hydrazine groups is 2. The fourth-order valence-corrected chi connectivity index (χ4v) is 4.40. The van der Waals surface area contributed by atoms with Crippen LogP contribution in [-0.4, -0.2) is 6.03 Å². The predicted molar refractivity (Wildman–Crippen MR) is 102 cm³/mol. The van der Waals surface area contributed by atoms with Gasteiger partial charge in [0, 0.05) is 15.1 Å². The van der Waals surface area contributed by atoms with Gasteiger partial charge in [-0.2, -0.15) is 0 Å². The average molecular weight is 407 g/mol. The van der Waals surface area contributed by atoms with Crippen LogP contribution in [0.15, 0.2) is 51.8 Å². The molecule has 0 heterocycles. The normalized spacial score (nSPS) is 13.6. The molecular formula is C17H19BrN4OS. The molecular weight excluding hydrogens is 388 g/mol. The topological polar surface area (TPSA) is 84.4 Å². The van der Waals surface area contributed by atoms with E-state index in [1.54, 1.807) is 17.8 Å². The van der Waals surface area contributed by atoms with Gasteiger partial charge in [0.15, 0.2) is 0 Å². The third kappa shape index (κ3) is 3.75. The molecule has 1 saturated carbocycles. The Morgan fingerprint density at radius 2 is 2.00 bits per heavy atom. The minimum atomic E-state index is -0.562. The number of nitrogens with zero attached hydrogens (tertiary/aromatic N) is 1. The third-order valence-corrected chi connectivity index (χ3v) is 6.09. The first-order chi connectivity index (χ1) is 11.6. The van der Waals surface area contributed by atoms with E-state index in [0.717, 1.165) is 20.1 Å². The van der Waals surface area contributed by atoms with Crippen LogP contribution in [0, 0.1) is 0 Å². The molecule has 2 amide bonds. The quantitative estimate of drug-likeness (QED) is 0.304. The van der Waals surface area contributed by atoms with Crippen molar-refractivity contribution in [1.29, 1.82) is 0 Å². The van der Waals surface area contributed by atoms with Crippen LogP contribution in [0.4, 0.5) is 10.5 Å². The van der Waals surface area contributed by atoms with E-state index >= 15 is 0 Å². The molecule has 1 aliphatic rings. The number of hydrogen-bond acceptors (Lipinski definition) is 4. The summed E-state index contributed by atoms with van der Waals surface area (Å²) >= 11 is 5.21. The Morgan fingerprint density at radius 1 is 1.25 bits per heavy atom. The van der Waals surface area contributed by atoms with Gasteiger partial charge in [-0.25, -0.2) is 21.5 Å². The number of nitrogens with one attached hydrogen (secondary N) is 1. The third-order valence-electron chi connectivity index (χ3n) is 3.99. The average Bonchev–Trinajstić information content (AvgIpc) is 3.44. The highest BCUT2D eigenvalue weighted by Crippen LogP contribution is 2.44. The molecule has 0 unspecified atom stereocenters. The van der Waals surface area contributed by atoms with Gasteiger partial charge in [0.25, 0.3) is 0 Å². The SMILES string of the molecule is NNC(=O)N(N)c1cccc(Br)c1SCc1ccccc1C1CC1. The molecule has 1 fully saturated rings. The maximum absolute atomic E-state index is 11.7. The number of carbonyl (C=O) groups excluding carboxylic acids is 1. The van der Waals surface area contributed by atoms with Crippen molar-refractivity contribution in [2.45, 2.75) is 29.4 Å². The van der Waals surface area contributed by atoms with Crippen LogP contribution in [0.1, 0.15) is 29.9 Å². The highest BCUT2D eigenvalue weighted by molar-refractivity contribution is 9.10. The molecule has 0 bridgehead atoms. The van der Waals surface area contributed by atoms with Gasteiger partial charge in [-0.05, 0) is 57.9 Å². The van der Waals surface area contributed by atoms with Gasteiger partial charge < -0.3 is 0 Å². The minimum Gasteiger partial charge on any atom is -0.274 e. The summed E-state index contributed by atoms with van der Waals surface area (Å²) in [5.74, 6) is 12.6. The fourth-order valence-electron chi connectivity index (χ4n) is 2.62. The molecule has 0 aliphatic heterocycles. The van der Waals surface area contributed by atoms with Gasteiger partial charge in [-0.3, -0.25) is 5.43 Å². The summed E-state index contributed by atoms with van der Waals surface area (Å²) in [6.07, 6.45) is 2.55. The Kier molecular flexibility index (Phi) is 5.45. The number of amides is 2. The van der Waals surface area contributed by atoms with E-state index in [2.05, 4.69) is 45.6 Å². The first kappa shape index (κ1) is 17.3. The van der Waals surface area contributed by atoms with Gasteiger partial charge in [0.1, 0.15) is 0 Å². The predicted octanol–water partition coefficient (Wildman–Crippen LogP) is 3.88. The van der Waals surface area contributed by atoms with Gasteiger partial charge in [-0.1, -0.05) is 30.3 Å². The molecule has 3 rings (SSSR count). The van der Waals surface area contributed by atoms with Crippen molar-refractivity contribution >= 4 is 39.4 Å². The molecule has 0 spiro atoms. The number of rotatable bonds is 5. The van der Waals surface area contributed by atoms with Gasteiger partial charge >= 0.3 is 6.03 Å². The van der Waals surface area contributed by atoms with E-state index in [-0.39, 0.29) is 0 Å². The second-order valence-electron chi connectivity index (χ2n) is 5.67. The van der Waals surface area contributed by atoms with E-state index in [0.29, 0.717) is 11.6 Å². The van der Waals surface area contributed by atoms with Crippen molar-refractivity contribution in [2.24, 2.45) is 11.7 Å². The molecule has 5 nitrogen and oxygen atoms in total. The van der Waals surface area contributed by atoms with Crippen LogP contribution in [0.25, 0.3) is 0 Å². The molecule has 126 valence electrons. The first-order valence-corrected chi connectivity index (χ1v) is 9.44. The lowest BCUT2D eigenvalue weighted by Crippen LogP contribution is -2.47. The minimum absolute atomic E-state index is 0.562. The monoisotopic (exact) mass is 406 g/mol. The molecule has 2 aromatic carbocycles. The first-order valence-electron chi connectivity index (χ1n) is 7.66. The van der Waals surface area contributed by atoms with Crippen molar-refractivity contribution in [1.82, 2.24) is 5.43 Å². The number of nitrogens with two attached hydrogens (primary N) is 2. The van der Waals surface area contributed by atoms with Crippen LogP contribution >= 0.6 is 27.7 Å². The van der Waals surface area contributed by atoms with E-state index in [9.17, 15) is 4.79 Å². The number of urea groups is 1. The molecule has 0 saturated heterocycles. The van der Waals surface area contributed by atoms with Crippen LogP contribution in [0.3, 0.4) is 0 Å². The Bertz CT molecular complexity index is 751. The summed E-state index contributed by atoms with van der Waals surface area (Å²) in [5.41, 5.74) is 5.43. The second kappa shape index (κ2) is 7.57. The number of benzene rings is 2. The Hall–Kier alpha value is -1.54. The summed E-state index contributed by atoms with van der Waals surface area (Å²) < 4.78 is 0.897. The lowest BCUT2D eigenvalue weighted by atomic mass is 10.1. The maximum atomic E-state index is 11.7. The Labute approximate surface area is 153 Å². The number of anilines is 1. The lowest BCUT2D eigenvalue weighted by molar-refractivity contribution is 0.246. The van der Waals surface area contributed by atoms with Crippen LogP contribution in [0.5, 0.6) is 0 Å². The van der Waals surface area contributed by atoms with Gasteiger partial charge in [0.05, 0.1) is 5.69 Å². The van der Waals surface area contributed by atoms with Crippen LogP contribution in [0.2, 0.25) is 0 Å². The summed E-state index contributed by atoms with van der Waals surface area (Å²) in [6, 6.07) is 13.6. The van der Waals surface area contributed by atoms with Crippen molar-refractivity contribution in [3.05, 3.63) is 58.1 Å². The number of halogens is 1. The fraction of sp³-hybridized carbons (Fsp3) is 0.235. The largest absolute Gasteiger partial charge is 0.350 e. The zero-order valence-electron chi connectivity index (χ0n) is 13.0. The van der Waals surface area contributed by atoms with Crippen molar-refractivity contribution in [2.75, 3.05) is 5.01 Å². The van der Waals surface area contributed by atoms with Crippen LogP contribution < -0.4 is 22.1 Å². The molecule has 0 radical (unpaired) electrons. The molecule has 7 heteroatoms. The summed E-state index contributed by atoms with van der Waals surface area (Å²) in [6.45, 7) is 0. The zero-order valence-corrected chi connectivity index (χ0v) is 15.4. The standard InChI is InChI=1S/C17H19BrN4OS/c18-14-6-3-7-15(22(20)17(23)21-19)16(14)24-10-12-4-1-2-5-13(12)11-8-9-11/h1-7,11H,8-10,19-20H2,(H,21,23). The van der Waals surface area contributed by atoms with E-state index in [4.69, 9.17) is 11.7 Å². The molecule has 0 atom stereocenters. The molecule has 0 aromatic heterocycles. The summed E-state index contributed by atoms with van der Waals surface area (Å²) in [4.78, 5) is 12.7. The highest BCUT2D eigenvalue weighted by atomic mass is 79.9. The number of thioether (sulfide) groups is 1. The Balaban J connectivity index is 1.84. The second-order valence-corrected chi connectivity index (χ2v) is 7.51. The number of hydrogen-bond donors (Lipinski definition) is 3. The lowest BCUT2D eigenvalue weighted by Gasteiger charge is -2.20. The number of carbonyl (C=O) groups is 1. The Morgan fingerprint density at radius 3 is 2.71 bits per heavy atom. The van der Waals surface area contributed by atoms with Gasteiger partial charge in [0.2, 0.25) is 0 Å². The van der Waals surface area contributed by atoms with Crippen molar-refractivity contribution in [3.63, 3.8) is 0 Å². The van der Waals surface area contributed by atoms with E-state index in [1.165, 1.54) is 24.0 Å². The van der Waals surface area contributed by atoms with Crippen molar-refractivity contribution < 1.29 is 4.79 Å². The summed E-state index contributed by atoms with van der Waals surface area (Å²) in [5, 5.41) is 1.03. The molecule has 1 aliphatic carbocycles. The molecule has 24 heavy (non-hydrogen) atoms.